The van der Waals surface area contributed by atoms with E-state index in [4.69, 9.17) is 9.47 Å². The topological polar surface area (TPSA) is 30.5 Å². The van der Waals surface area contributed by atoms with Crippen LogP contribution in [-0.2, 0) is 4.74 Å². The average Bonchev–Trinajstić information content (AvgIpc) is 2.50. The molecule has 1 aliphatic rings. The molecule has 2 rings (SSSR count). The predicted molar refractivity (Wildman–Crippen MR) is 86.8 cm³/mol. The van der Waals surface area contributed by atoms with E-state index in [2.05, 4.69) is 50.4 Å². The summed E-state index contributed by atoms with van der Waals surface area (Å²) in [5.74, 6) is 0.938. The van der Waals surface area contributed by atoms with Crippen LogP contribution in [0.4, 0.5) is 0 Å². The van der Waals surface area contributed by atoms with Gasteiger partial charge in [-0.15, -0.1) is 0 Å². The van der Waals surface area contributed by atoms with Crippen molar-refractivity contribution in [2.45, 2.75) is 64.7 Å². The van der Waals surface area contributed by atoms with Crippen molar-refractivity contribution in [3.05, 3.63) is 29.8 Å². The molecule has 1 saturated heterocycles. The second kappa shape index (κ2) is 8.40. The smallest absolute Gasteiger partial charge is 0.119 e. The number of hydrogen-bond acceptors (Lipinski definition) is 3. The van der Waals surface area contributed by atoms with E-state index in [1.807, 2.05) is 0 Å². The number of rotatable bonds is 7. The van der Waals surface area contributed by atoms with Gasteiger partial charge in [0.25, 0.3) is 0 Å². The largest absolute Gasteiger partial charge is 0.491 e. The van der Waals surface area contributed by atoms with Gasteiger partial charge in [0.15, 0.2) is 0 Å². The Morgan fingerprint density at radius 2 is 2.00 bits per heavy atom. The molecule has 118 valence electrons. The summed E-state index contributed by atoms with van der Waals surface area (Å²) in [5, 5.41) is 3.65. The van der Waals surface area contributed by atoms with Gasteiger partial charge in [0.05, 0.1) is 18.2 Å². The predicted octanol–water partition coefficient (Wildman–Crippen LogP) is 4.08. The monoisotopic (exact) mass is 291 g/mol. The van der Waals surface area contributed by atoms with Gasteiger partial charge in [0, 0.05) is 6.61 Å². The molecule has 0 saturated carbocycles. The normalized spacial score (nSPS) is 20.5. The quantitative estimate of drug-likeness (QED) is 0.821. The van der Waals surface area contributed by atoms with Gasteiger partial charge in [-0.25, -0.2) is 0 Å². The molecule has 0 radical (unpaired) electrons. The highest BCUT2D eigenvalue weighted by Gasteiger charge is 2.25. The van der Waals surface area contributed by atoms with E-state index in [1.165, 1.54) is 18.4 Å². The molecule has 3 nitrogen and oxygen atoms in total. The number of hydrogen-bond donors (Lipinski definition) is 1. The van der Waals surface area contributed by atoms with Crippen molar-refractivity contribution in [3.63, 3.8) is 0 Å². The molecule has 2 unspecified atom stereocenters. The molecule has 1 aromatic rings. The fourth-order valence-electron chi connectivity index (χ4n) is 2.82. The Morgan fingerprint density at radius 1 is 1.24 bits per heavy atom. The second-order valence-corrected chi connectivity index (χ2v) is 6.07. The van der Waals surface area contributed by atoms with Crippen LogP contribution < -0.4 is 10.1 Å². The molecular weight excluding hydrogens is 262 g/mol. The number of nitrogens with one attached hydrogen (secondary N) is 1. The number of ether oxygens (including phenoxy) is 2. The van der Waals surface area contributed by atoms with Gasteiger partial charge in [0.1, 0.15) is 5.75 Å². The van der Waals surface area contributed by atoms with Crippen LogP contribution in [0.5, 0.6) is 5.75 Å². The maximum atomic E-state index is 5.99. The minimum atomic E-state index is 0.214. The fraction of sp³-hybridized carbons (Fsp3) is 0.667. The Hall–Kier alpha value is -1.06. The van der Waals surface area contributed by atoms with E-state index >= 15 is 0 Å². The first-order chi connectivity index (χ1) is 10.2. The van der Waals surface area contributed by atoms with Crippen molar-refractivity contribution in [3.8, 4) is 5.75 Å². The molecule has 21 heavy (non-hydrogen) atoms. The molecule has 1 fully saturated rings. The molecule has 2 atom stereocenters. The molecule has 1 aliphatic heterocycles. The molecule has 3 heteroatoms. The third-order valence-corrected chi connectivity index (χ3v) is 3.81. The third-order valence-electron chi connectivity index (χ3n) is 3.81. The molecule has 1 heterocycles. The summed E-state index contributed by atoms with van der Waals surface area (Å²) in [6, 6.07) is 8.77. The molecule has 0 aliphatic carbocycles. The van der Waals surface area contributed by atoms with Crippen molar-refractivity contribution in [1.29, 1.82) is 0 Å². The summed E-state index contributed by atoms with van der Waals surface area (Å²) in [5.41, 5.74) is 1.30. The average molecular weight is 291 g/mol. The van der Waals surface area contributed by atoms with Gasteiger partial charge in [-0.2, -0.15) is 0 Å². The summed E-state index contributed by atoms with van der Waals surface area (Å²) in [6.45, 7) is 8.22. The van der Waals surface area contributed by atoms with E-state index in [0.29, 0.717) is 12.1 Å². The van der Waals surface area contributed by atoms with E-state index in [0.717, 1.165) is 31.7 Å². The second-order valence-electron chi connectivity index (χ2n) is 6.07. The van der Waals surface area contributed by atoms with Crippen LogP contribution in [0.25, 0.3) is 0 Å². The lowest BCUT2D eigenvalue weighted by molar-refractivity contribution is -0.00816. The Kier molecular flexibility index (Phi) is 6.52. The zero-order valence-corrected chi connectivity index (χ0v) is 13.6. The Balaban J connectivity index is 2.07. The van der Waals surface area contributed by atoms with Crippen LogP contribution in [0.2, 0.25) is 0 Å². The minimum Gasteiger partial charge on any atom is -0.491 e. The highest BCUT2D eigenvalue weighted by Crippen LogP contribution is 2.28. The van der Waals surface area contributed by atoms with Crippen LogP contribution in [0.1, 0.15) is 58.1 Å². The number of benzene rings is 1. The maximum absolute atomic E-state index is 5.99. The lowest BCUT2D eigenvalue weighted by Gasteiger charge is -2.31. The first kappa shape index (κ1) is 16.3. The summed E-state index contributed by atoms with van der Waals surface area (Å²) in [6.07, 6.45) is 5.25. The first-order valence-corrected chi connectivity index (χ1v) is 8.32. The molecule has 0 bridgehead atoms. The zero-order valence-electron chi connectivity index (χ0n) is 13.6. The highest BCUT2D eigenvalue weighted by molar-refractivity contribution is 5.30. The van der Waals surface area contributed by atoms with E-state index < -0.39 is 0 Å². The summed E-state index contributed by atoms with van der Waals surface area (Å²) in [7, 11) is 0. The van der Waals surface area contributed by atoms with Crippen LogP contribution >= 0.6 is 0 Å². The molecule has 0 aromatic heterocycles. The van der Waals surface area contributed by atoms with Gasteiger partial charge < -0.3 is 14.8 Å². The minimum absolute atomic E-state index is 0.214. The van der Waals surface area contributed by atoms with Crippen molar-refractivity contribution < 1.29 is 9.47 Å². The Bertz CT molecular complexity index is 396. The third kappa shape index (κ3) is 5.01. The van der Waals surface area contributed by atoms with Gasteiger partial charge >= 0.3 is 0 Å². The Labute approximate surface area is 129 Å². The van der Waals surface area contributed by atoms with E-state index in [9.17, 15) is 0 Å². The lowest BCUT2D eigenvalue weighted by atomic mass is 9.95. The summed E-state index contributed by atoms with van der Waals surface area (Å²) in [4.78, 5) is 0. The van der Waals surface area contributed by atoms with Gasteiger partial charge in [-0.3, -0.25) is 0 Å². The van der Waals surface area contributed by atoms with Crippen molar-refractivity contribution in [1.82, 2.24) is 5.32 Å². The van der Waals surface area contributed by atoms with Crippen LogP contribution in [0, 0.1) is 0 Å². The van der Waals surface area contributed by atoms with Gasteiger partial charge in [0.2, 0.25) is 0 Å². The van der Waals surface area contributed by atoms with Gasteiger partial charge in [-0.1, -0.05) is 19.1 Å². The maximum Gasteiger partial charge on any atom is 0.119 e. The van der Waals surface area contributed by atoms with Crippen LogP contribution in [-0.4, -0.2) is 25.4 Å². The molecule has 1 N–H and O–H groups in total. The molecule has 0 spiro atoms. The molecular formula is C18H29NO2. The molecule has 0 amide bonds. The molecule has 1 aromatic carbocycles. The van der Waals surface area contributed by atoms with Crippen molar-refractivity contribution in [2.75, 3.05) is 13.2 Å². The van der Waals surface area contributed by atoms with E-state index in [-0.39, 0.29) is 6.10 Å². The standard InChI is InChI=1S/C18H29NO2/c1-4-12-19-18(17-7-5-6-13-20-17)15-8-10-16(11-9-15)21-14(2)3/h8-11,14,17-19H,4-7,12-13H2,1-3H3. The SMILES string of the molecule is CCCNC(c1ccc(OC(C)C)cc1)C1CCCCO1. The van der Waals surface area contributed by atoms with Crippen LogP contribution in [0.3, 0.4) is 0 Å². The van der Waals surface area contributed by atoms with Crippen molar-refractivity contribution >= 4 is 0 Å². The lowest BCUT2D eigenvalue weighted by Crippen LogP contribution is -2.36. The Morgan fingerprint density at radius 3 is 2.57 bits per heavy atom. The summed E-state index contributed by atoms with van der Waals surface area (Å²) >= 11 is 0. The first-order valence-electron chi connectivity index (χ1n) is 8.32. The van der Waals surface area contributed by atoms with Gasteiger partial charge in [-0.05, 0) is 63.8 Å². The fourth-order valence-corrected chi connectivity index (χ4v) is 2.82. The summed E-state index contributed by atoms with van der Waals surface area (Å²) < 4.78 is 11.7. The zero-order chi connectivity index (χ0) is 15.1. The van der Waals surface area contributed by atoms with E-state index in [1.54, 1.807) is 0 Å². The van der Waals surface area contributed by atoms with Crippen molar-refractivity contribution in [2.24, 2.45) is 0 Å². The van der Waals surface area contributed by atoms with Crippen LogP contribution in [0.15, 0.2) is 24.3 Å². The highest BCUT2D eigenvalue weighted by atomic mass is 16.5.